The van der Waals surface area contributed by atoms with Crippen molar-refractivity contribution in [2.75, 3.05) is 11.9 Å². The van der Waals surface area contributed by atoms with Crippen molar-refractivity contribution in [3.8, 4) is 11.4 Å². The van der Waals surface area contributed by atoms with Crippen molar-refractivity contribution in [2.24, 2.45) is 0 Å². The van der Waals surface area contributed by atoms with Gasteiger partial charge in [0.1, 0.15) is 5.82 Å². The summed E-state index contributed by atoms with van der Waals surface area (Å²) in [5.74, 6) is 2.05. The number of nitrogens with zero attached hydrogens (tertiary/aromatic N) is 3. The molecule has 1 aromatic heterocycles. The first-order valence-corrected chi connectivity index (χ1v) is 6.61. The van der Waals surface area contributed by atoms with Crippen LogP contribution in [0.5, 0.6) is 0 Å². The molecule has 0 radical (unpaired) electrons. The molecule has 0 spiro atoms. The normalized spacial score (nSPS) is 17.6. The van der Waals surface area contributed by atoms with E-state index in [2.05, 4.69) is 38.3 Å². The summed E-state index contributed by atoms with van der Waals surface area (Å²) in [6, 6.07) is 7.22. The Hall–Kier alpha value is -1.84. The molecule has 18 heavy (non-hydrogen) atoms. The van der Waals surface area contributed by atoms with E-state index >= 15 is 0 Å². The Morgan fingerprint density at radius 3 is 3.00 bits per heavy atom. The number of nitrogens with one attached hydrogen (secondary N) is 1. The molecule has 1 N–H and O–H groups in total. The summed E-state index contributed by atoms with van der Waals surface area (Å²) in [4.78, 5) is 0. The van der Waals surface area contributed by atoms with Crippen molar-refractivity contribution in [2.45, 2.75) is 32.2 Å². The molecule has 0 amide bonds. The summed E-state index contributed by atoms with van der Waals surface area (Å²) < 4.78 is 2.29. The van der Waals surface area contributed by atoms with Crippen LogP contribution in [-0.4, -0.2) is 21.3 Å². The van der Waals surface area contributed by atoms with E-state index in [9.17, 15) is 0 Å². The highest BCUT2D eigenvalue weighted by Gasteiger charge is 2.28. The molecule has 0 unspecified atom stereocenters. The van der Waals surface area contributed by atoms with E-state index in [1.54, 1.807) is 0 Å². The monoisotopic (exact) mass is 240 g/mol. The van der Waals surface area contributed by atoms with Crippen molar-refractivity contribution < 1.29 is 0 Å². The average molecular weight is 240 g/mol. The highest BCUT2D eigenvalue weighted by atomic mass is 15.3. The van der Waals surface area contributed by atoms with E-state index in [0.717, 1.165) is 24.6 Å². The van der Waals surface area contributed by atoms with Gasteiger partial charge in [0.25, 0.3) is 0 Å². The number of aromatic nitrogens is 3. The molecule has 4 rings (SSSR count). The maximum absolute atomic E-state index is 4.36. The summed E-state index contributed by atoms with van der Waals surface area (Å²) >= 11 is 0. The highest BCUT2D eigenvalue weighted by Crippen LogP contribution is 2.39. The summed E-state index contributed by atoms with van der Waals surface area (Å²) in [5.41, 5.74) is 3.85. The zero-order valence-electron chi connectivity index (χ0n) is 10.5. The lowest BCUT2D eigenvalue weighted by Crippen LogP contribution is -2.00. The van der Waals surface area contributed by atoms with E-state index in [1.165, 1.54) is 29.7 Å². The predicted molar refractivity (Wildman–Crippen MR) is 70.7 cm³/mol. The average Bonchev–Trinajstić information content (AvgIpc) is 2.98. The first-order valence-electron chi connectivity index (χ1n) is 6.61. The topological polar surface area (TPSA) is 42.7 Å². The second-order valence-corrected chi connectivity index (χ2v) is 5.22. The molecule has 4 heteroatoms. The number of aryl methyl sites for hydroxylation is 1. The van der Waals surface area contributed by atoms with Gasteiger partial charge >= 0.3 is 0 Å². The van der Waals surface area contributed by atoms with Crippen molar-refractivity contribution >= 4 is 5.69 Å². The van der Waals surface area contributed by atoms with Crippen molar-refractivity contribution in [1.29, 1.82) is 0 Å². The molecule has 4 nitrogen and oxygen atoms in total. The minimum atomic E-state index is 0.621. The van der Waals surface area contributed by atoms with E-state index in [-0.39, 0.29) is 0 Å². The van der Waals surface area contributed by atoms with Crippen molar-refractivity contribution in [1.82, 2.24) is 14.8 Å². The zero-order chi connectivity index (χ0) is 12.1. The Balaban J connectivity index is 1.83. The molecule has 2 aromatic rings. The van der Waals surface area contributed by atoms with Crippen LogP contribution in [0.1, 0.15) is 30.3 Å². The summed E-state index contributed by atoms with van der Waals surface area (Å²) in [7, 11) is 0. The first kappa shape index (κ1) is 10.1. The molecular formula is C14H16N4. The quantitative estimate of drug-likeness (QED) is 0.877. The maximum atomic E-state index is 4.36. The van der Waals surface area contributed by atoms with Gasteiger partial charge in [-0.2, -0.15) is 0 Å². The number of rotatable bonds is 2. The van der Waals surface area contributed by atoms with E-state index in [1.807, 2.05) is 6.92 Å². The van der Waals surface area contributed by atoms with Crippen LogP contribution in [0.3, 0.4) is 0 Å². The third-order valence-electron chi connectivity index (χ3n) is 3.86. The van der Waals surface area contributed by atoms with Crippen LogP contribution < -0.4 is 5.32 Å². The molecule has 0 saturated heterocycles. The van der Waals surface area contributed by atoms with Gasteiger partial charge in [-0.1, -0.05) is 12.1 Å². The molecule has 0 atom stereocenters. The molecule has 2 heterocycles. The summed E-state index contributed by atoms with van der Waals surface area (Å²) in [5, 5.41) is 12.0. The van der Waals surface area contributed by atoms with Gasteiger partial charge in [0.15, 0.2) is 5.82 Å². The van der Waals surface area contributed by atoms with Gasteiger partial charge in [0, 0.05) is 23.8 Å². The van der Waals surface area contributed by atoms with E-state index in [0.29, 0.717) is 6.04 Å². The molecule has 92 valence electrons. The van der Waals surface area contributed by atoms with Crippen LogP contribution in [0.2, 0.25) is 0 Å². The SMILES string of the molecule is Cc1nnc(-c2ccc3c(c2)NCC3)n1C1CC1. The fraction of sp³-hybridized carbons (Fsp3) is 0.429. The molecule has 1 aliphatic carbocycles. The summed E-state index contributed by atoms with van der Waals surface area (Å²) in [6.07, 6.45) is 3.65. The standard InChI is InChI=1S/C14H16N4/c1-9-16-17-14(18(9)12-4-5-12)11-3-2-10-6-7-15-13(10)8-11/h2-3,8,12,15H,4-7H2,1H3. The lowest BCUT2D eigenvalue weighted by atomic mass is 10.1. The van der Waals surface area contributed by atoms with Crippen LogP contribution in [0.25, 0.3) is 11.4 Å². The predicted octanol–water partition coefficient (Wildman–Crippen LogP) is 2.56. The lowest BCUT2D eigenvalue weighted by molar-refractivity contribution is 0.717. The molecule has 0 bridgehead atoms. The number of benzene rings is 1. The smallest absolute Gasteiger partial charge is 0.164 e. The largest absolute Gasteiger partial charge is 0.384 e. The molecule has 1 saturated carbocycles. The molecule has 2 aliphatic rings. The van der Waals surface area contributed by atoms with Crippen LogP contribution in [0.4, 0.5) is 5.69 Å². The summed E-state index contributed by atoms with van der Waals surface area (Å²) in [6.45, 7) is 3.09. The van der Waals surface area contributed by atoms with E-state index < -0.39 is 0 Å². The fourth-order valence-corrected chi connectivity index (χ4v) is 2.77. The molecule has 1 aliphatic heterocycles. The van der Waals surface area contributed by atoms with Crippen molar-refractivity contribution in [3.05, 3.63) is 29.6 Å². The van der Waals surface area contributed by atoms with Gasteiger partial charge in [-0.15, -0.1) is 10.2 Å². The number of anilines is 1. The van der Waals surface area contributed by atoms with Gasteiger partial charge in [-0.05, 0) is 37.8 Å². The van der Waals surface area contributed by atoms with E-state index in [4.69, 9.17) is 0 Å². The first-order chi connectivity index (χ1) is 8.83. The number of hydrogen-bond donors (Lipinski definition) is 1. The zero-order valence-corrected chi connectivity index (χ0v) is 10.5. The van der Waals surface area contributed by atoms with Crippen LogP contribution >= 0.6 is 0 Å². The fourth-order valence-electron chi connectivity index (χ4n) is 2.77. The van der Waals surface area contributed by atoms with Gasteiger partial charge in [-0.3, -0.25) is 0 Å². The second kappa shape index (κ2) is 3.57. The van der Waals surface area contributed by atoms with Gasteiger partial charge in [0.2, 0.25) is 0 Å². The van der Waals surface area contributed by atoms with Crippen LogP contribution in [0, 0.1) is 6.92 Å². The molecule has 1 fully saturated rings. The number of fused-ring (bicyclic) bond motifs is 1. The Labute approximate surface area is 106 Å². The van der Waals surface area contributed by atoms with Crippen LogP contribution in [0.15, 0.2) is 18.2 Å². The Bertz CT molecular complexity index is 610. The Kier molecular flexibility index (Phi) is 2.01. The molecule has 1 aromatic carbocycles. The van der Waals surface area contributed by atoms with Gasteiger partial charge in [-0.25, -0.2) is 0 Å². The second-order valence-electron chi connectivity index (χ2n) is 5.22. The highest BCUT2D eigenvalue weighted by molar-refractivity contribution is 5.67. The Morgan fingerprint density at radius 2 is 2.17 bits per heavy atom. The Morgan fingerprint density at radius 1 is 1.28 bits per heavy atom. The molecular weight excluding hydrogens is 224 g/mol. The van der Waals surface area contributed by atoms with Gasteiger partial charge < -0.3 is 9.88 Å². The van der Waals surface area contributed by atoms with Crippen LogP contribution in [-0.2, 0) is 6.42 Å². The number of hydrogen-bond acceptors (Lipinski definition) is 3. The van der Waals surface area contributed by atoms with Gasteiger partial charge in [0.05, 0.1) is 0 Å². The third-order valence-corrected chi connectivity index (χ3v) is 3.86. The van der Waals surface area contributed by atoms with Crippen molar-refractivity contribution in [3.63, 3.8) is 0 Å². The minimum absolute atomic E-state index is 0.621. The third kappa shape index (κ3) is 1.45. The minimum Gasteiger partial charge on any atom is -0.384 e. The lowest BCUT2D eigenvalue weighted by Gasteiger charge is -2.08. The maximum Gasteiger partial charge on any atom is 0.164 e.